The third kappa shape index (κ3) is 4.52. The van der Waals surface area contributed by atoms with Gasteiger partial charge in [-0.25, -0.2) is 9.78 Å². The van der Waals surface area contributed by atoms with Crippen LogP contribution in [0.3, 0.4) is 0 Å². The van der Waals surface area contributed by atoms with Crippen LogP contribution in [0.1, 0.15) is 68.1 Å². The molecule has 138 valence electrons. The molecule has 0 unspecified atom stereocenters. The van der Waals surface area contributed by atoms with E-state index in [0.29, 0.717) is 37.0 Å². The zero-order chi connectivity index (χ0) is 17.6. The van der Waals surface area contributed by atoms with Gasteiger partial charge in [0.15, 0.2) is 6.39 Å². The average molecular weight is 348 g/mol. The molecular formula is C18H28N4O3. The van der Waals surface area contributed by atoms with E-state index in [1.54, 1.807) is 0 Å². The van der Waals surface area contributed by atoms with Crippen LogP contribution in [0.4, 0.5) is 4.79 Å². The number of hydrogen-bond donors (Lipinski definition) is 2. The molecule has 0 aromatic carbocycles. The first-order valence-electron chi connectivity index (χ1n) is 9.46. The number of carbonyl (C=O) groups excluding carboxylic acids is 2. The van der Waals surface area contributed by atoms with Crippen LogP contribution in [-0.4, -0.2) is 47.0 Å². The Morgan fingerprint density at radius 1 is 1.12 bits per heavy atom. The molecule has 3 amide bonds. The summed E-state index contributed by atoms with van der Waals surface area (Å²) in [5, 5.41) is 6.16. The average Bonchev–Trinajstić information content (AvgIpc) is 3.12. The van der Waals surface area contributed by atoms with Gasteiger partial charge in [-0.05, 0) is 32.1 Å². The third-order valence-electron chi connectivity index (χ3n) is 5.23. The first kappa shape index (κ1) is 17.8. The predicted octanol–water partition coefficient (Wildman–Crippen LogP) is 2.47. The molecule has 1 saturated carbocycles. The SMILES string of the molecule is CCc1ncoc1C(=O)NC1CCN(C(=O)NC2CCCCC2)CC1. The number of aromatic nitrogens is 1. The molecule has 1 aromatic heterocycles. The molecule has 0 atom stereocenters. The molecule has 2 fully saturated rings. The van der Waals surface area contributed by atoms with Crippen LogP contribution >= 0.6 is 0 Å². The Kier molecular flexibility index (Phi) is 5.94. The zero-order valence-corrected chi connectivity index (χ0v) is 14.9. The van der Waals surface area contributed by atoms with Crippen LogP contribution in [-0.2, 0) is 6.42 Å². The van der Waals surface area contributed by atoms with Gasteiger partial charge in [0.05, 0.1) is 5.69 Å². The van der Waals surface area contributed by atoms with Crippen molar-refractivity contribution in [2.24, 2.45) is 0 Å². The molecule has 7 nitrogen and oxygen atoms in total. The molecule has 1 saturated heterocycles. The van der Waals surface area contributed by atoms with Crippen LogP contribution in [0.5, 0.6) is 0 Å². The Morgan fingerprint density at radius 2 is 1.80 bits per heavy atom. The zero-order valence-electron chi connectivity index (χ0n) is 14.9. The summed E-state index contributed by atoms with van der Waals surface area (Å²) in [7, 11) is 0. The number of piperidine rings is 1. The Bertz CT molecular complexity index is 587. The minimum absolute atomic E-state index is 0.0418. The van der Waals surface area contributed by atoms with E-state index >= 15 is 0 Å². The van der Waals surface area contributed by atoms with Crippen molar-refractivity contribution in [3.8, 4) is 0 Å². The molecule has 0 bridgehead atoms. The molecule has 0 radical (unpaired) electrons. The van der Waals surface area contributed by atoms with E-state index in [1.165, 1.54) is 25.7 Å². The van der Waals surface area contributed by atoms with Crippen molar-refractivity contribution in [1.29, 1.82) is 0 Å². The van der Waals surface area contributed by atoms with Gasteiger partial charge in [-0.3, -0.25) is 4.79 Å². The number of aryl methyl sites for hydroxylation is 1. The number of nitrogens with zero attached hydrogens (tertiary/aromatic N) is 2. The second-order valence-corrected chi connectivity index (χ2v) is 7.00. The van der Waals surface area contributed by atoms with Gasteiger partial charge in [0.25, 0.3) is 5.91 Å². The fourth-order valence-corrected chi connectivity index (χ4v) is 3.70. The molecule has 2 N–H and O–H groups in total. The molecule has 2 aliphatic rings. The van der Waals surface area contributed by atoms with Gasteiger partial charge in [-0.2, -0.15) is 0 Å². The maximum Gasteiger partial charge on any atom is 0.317 e. The second-order valence-electron chi connectivity index (χ2n) is 7.00. The van der Waals surface area contributed by atoms with E-state index in [1.807, 2.05) is 11.8 Å². The number of hydrogen-bond acceptors (Lipinski definition) is 4. The van der Waals surface area contributed by atoms with E-state index in [-0.39, 0.29) is 18.0 Å². The lowest BCUT2D eigenvalue weighted by Crippen LogP contribution is -2.51. The fraction of sp³-hybridized carbons (Fsp3) is 0.722. The smallest absolute Gasteiger partial charge is 0.317 e. The number of rotatable bonds is 4. The molecule has 3 rings (SSSR count). The van der Waals surface area contributed by atoms with Crippen molar-refractivity contribution >= 4 is 11.9 Å². The van der Waals surface area contributed by atoms with Crippen LogP contribution in [0.15, 0.2) is 10.8 Å². The van der Waals surface area contributed by atoms with E-state index in [9.17, 15) is 9.59 Å². The monoisotopic (exact) mass is 348 g/mol. The molecular weight excluding hydrogens is 320 g/mol. The minimum Gasteiger partial charge on any atom is -0.438 e. The first-order chi connectivity index (χ1) is 12.2. The number of urea groups is 1. The summed E-state index contributed by atoms with van der Waals surface area (Å²) in [4.78, 5) is 30.6. The van der Waals surface area contributed by atoms with Crippen molar-refractivity contribution in [3.05, 3.63) is 17.8 Å². The van der Waals surface area contributed by atoms with Gasteiger partial charge in [0.1, 0.15) is 0 Å². The van der Waals surface area contributed by atoms with Crippen LogP contribution < -0.4 is 10.6 Å². The Balaban J connectivity index is 1.43. The number of carbonyl (C=O) groups is 2. The van der Waals surface area contributed by atoms with Gasteiger partial charge in [0, 0.05) is 25.2 Å². The van der Waals surface area contributed by atoms with Crippen LogP contribution in [0.25, 0.3) is 0 Å². The van der Waals surface area contributed by atoms with Crippen molar-refractivity contribution < 1.29 is 14.0 Å². The molecule has 2 heterocycles. The summed E-state index contributed by atoms with van der Waals surface area (Å²) in [5.41, 5.74) is 0.682. The summed E-state index contributed by atoms with van der Waals surface area (Å²) in [6.45, 7) is 3.28. The predicted molar refractivity (Wildman–Crippen MR) is 93.3 cm³/mol. The Morgan fingerprint density at radius 3 is 2.48 bits per heavy atom. The van der Waals surface area contributed by atoms with Crippen molar-refractivity contribution in [2.45, 2.75) is 70.4 Å². The Labute approximate surface area is 148 Å². The van der Waals surface area contributed by atoms with Crippen molar-refractivity contribution in [2.75, 3.05) is 13.1 Å². The van der Waals surface area contributed by atoms with Gasteiger partial charge < -0.3 is 20.0 Å². The van der Waals surface area contributed by atoms with Crippen LogP contribution in [0, 0.1) is 0 Å². The fourth-order valence-electron chi connectivity index (χ4n) is 3.70. The Hall–Kier alpha value is -2.05. The lowest BCUT2D eigenvalue weighted by atomic mass is 9.95. The molecule has 0 spiro atoms. The molecule has 25 heavy (non-hydrogen) atoms. The van der Waals surface area contributed by atoms with Gasteiger partial charge >= 0.3 is 6.03 Å². The number of likely N-dealkylation sites (tertiary alicyclic amines) is 1. The quantitative estimate of drug-likeness (QED) is 0.875. The van der Waals surface area contributed by atoms with Gasteiger partial charge in [-0.1, -0.05) is 26.2 Å². The summed E-state index contributed by atoms with van der Waals surface area (Å²) >= 11 is 0. The van der Waals surface area contributed by atoms with E-state index in [2.05, 4.69) is 15.6 Å². The third-order valence-corrected chi connectivity index (χ3v) is 5.23. The number of amides is 3. The van der Waals surface area contributed by atoms with Gasteiger partial charge in [0.2, 0.25) is 5.76 Å². The maximum atomic E-state index is 12.4. The van der Waals surface area contributed by atoms with Crippen LogP contribution in [0.2, 0.25) is 0 Å². The number of nitrogens with one attached hydrogen (secondary N) is 2. The lowest BCUT2D eigenvalue weighted by molar-refractivity contribution is 0.0888. The van der Waals surface area contributed by atoms with Crippen molar-refractivity contribution in [1.82, 2.24) is 20.5 Å². The highest BCUT2D eigenvalue weighted by Gasteiger charge is 2.27. The number of oxazole rings is 1. The normalized spacial score (nSPS) is 19.6. The first-order valence-corrected chi connectivity index (χ1v) is 9.46. The molecule has 7 heteroatoms. The minimum atomic E-state index is -0.209. The van der Waals surface area contributed by atoms with Gasteiger partial charge in [-0.15, -0.1) is 0 Å². The van der Waals surface area contributed by atoms with E-state index < -0.39 is 0 Å². The molecule has 1 aliphatic carbocycles. The largest absolute Gasteiger partial charge is 0.438 e. The highest BCUT2D eigenvalue weighted by Crippen LogP contribution is 2.18. The second kappa shape index (κ2) is 8.36. The molecule has 1 aliphatic heterocycles. The summed E-state index contributed by atoms with van der Waals surface area (Å²) in [5.74, 6) is 0.0967. The highest BCUT2D eigenvalue weighted by molar-refractivity contribution is 5.92. The summed E-state index contributed by atoms with van der Waals surface area (Å²) < 4.78 is 5.21. The van der Waals surface area contributed by atoms with E-state index in [0.717, 1.165) is 25.7 Å². The highest BCUT2D eigenvalue weighted by atomic mass is 16.3. The van der Waals surface area contributed by atoms with Crippen molar-refractivity contribution in [3.63, 3.8) is 0 Å². The van der Waals surface area contributed by atoms with E-state index in [4.69, 9.17) is 4.42 Å². The standard InChI is InChI=1S/C18H28N4O3/c1-2-15-16(25-12-19-15)17(23)20-14-8-10-22(11-9-14)18(24)21-13-6-4-3-5-7-13/h12-14H,2-11H2,1H3,(H,20,23)(H,21,24). The summed E-state index contributed by atoms with van der Waals surface area (Å²) in [6, 6.07) is 0.443. The topological polar surface area (TPSA) is 87.5 Å². The molecule has 1 aromatic rings. The maximum absolute atomic E-state index is 12.4. The summed E-state index contributed by atoms with van der Waals surface area (Å²) in [6.07, 6.45) is 9.39. The lowest BCUT2D eigenvalue weighted by Gasteiger charge is -2.34.